The number of carbonyl (C=O) groups excluding carboxylic acids is 1. The molecule has 5 heteroatoms. The van der Waals surface area contributed by atoms with Gasteiger partial charge in [-0.15, -0.1) is 0 Å². The van der Waals surface area contributed by atoms with Crippen LogP contribution in [0.1, 0.15) is 23.0 Å². The van der Waals surface area contributed by atoms with Crippen LogP contribution in [0.25, 0.3) is 16.5 Å². The van der Waals surface area contributed by atoms with Crippen molar-refractivity contribution in [3.05, 3.63) is 46.1 Å². The van der Waals surface area contributed by atoms with E-state index in [-0.39, 0.29) is 5.78 Å². The zero-order chi connectivity index (χ0) is 11.1. The van der Waals surface area contributed by atoms with E-state index in [2.05, 4.69) is 15.0 Å². The summed E-state index contributed by atoms with van der Waals surface area (Å²) in [5.74, 6) is -0.0559. The summed E-state index contributed by atoms with van der Waals surface area (Å²) in [6, 6.07) is 3.45. The van der Waals surface area contributed by atoms with E-state index in [0.29, 0.717) is 12.2 Å². The van der Waals surface area contributed by atoms with Crippen LogP contribution in [0.15, 0.2) is 29.5 Å². The molecular weight excluding hydrogens is 192 g/mol. The first-order valence-corrected chi connectivity index (χ1v) is 4.38. The fourth-order valence-electron chi connectivity index (χ4n) is 0.985. The maximum atomic E-state index is 10.9. The number of ketones is 1. The highest BCUT2D eigenvalue weighted by atomic mass is 16.1. The summed E-state index contributed by atoms with van der Waals surface area (Å²) in [5.41, 5.74) is 9.35. The Labute approximate surface area is 87.1 Å². The summed E-state index contributed by atoms with van der Waals surface area (Å²) in [7, 11) is 0. The topological polar surface area (TPSA) is 78.7 Å². The van der Waals surface area contributed by atoms with Crippen LogP contribution in [0.4, 0.5) is 0 Å². The third-order valence-electron chi connectivity index (χ3n) is 1.71. The van der Waals surface area contributed by atoms with Crippen molar-refractivity contribution in [2.75, 3.05) is 6.54 Å². The van der Waals surface area contributed by atoms with E-state index >= 15 is 0 Å². The summed E-state index contributed by atoms with van der Waals surface area (Å²) in [4.78, 5) is 17.5. The molecule has 5 nitrogen and oxygen atoms in total. The molecule has 0 amide bonds. The summed E-state index contributed by atoms with van der Waals surface area (Å²) >= 11 is 0. The molecular formula is C10H10N4O. The number of rotatable bonds is 4. The molecule has 76 valence electrons. The highest BCUT2D eigenvalue weighted by molar-refractivity contribution is 5.92. The van der Waals surface area contributed by atoms with Gasteiger partial charge in [-0.05, 0) is 17.2 Å². The Morgan fingerprint density at radius 1 is 1.67 bits per heavy atom. The third-order valence-corrected chi connectivity index (χ3v) is 1.71. The van der Waals surface area contributed by atoms with Crippen LogP contribution in [-0.4, -0.2) is 17.3 Å². The van der Waals surface area contributed by atoms with Crippen molar-refractivity contribution < 1.29 is 4.79 Å². The minimum absolute atomic E-state index is 0.0559. The molecule has 1 rings (SSSR count). The molecule has 1 aromatic heterocycles. The molecule has 1 aromatic rings. The van der Waals surface area contributed by atoms with Gasteiger partial charge in [0.05, 0.1) is 0 Å². The normalized spacial score (nSPS) is 9.93. The molecule has 0 aliphatic carbocycles. The molecule has 0 aliphatic rings. The molecule has 0 atom stereocenters. The van der Waals surface area contributed by atoms with Gasteiger partial charge in [-0.25, -0.2) is 0 Å². The molecule has 1 heterocycles. The van der Waals surface area contributed by atoms with Gasteiger partial charge in [0.1, 0.15) is 5.69 Å². The third kappa shape index (κ3) is 3.62. The molecule has 0 spiro atoms. The second kappa shape index (κ2) is 5.57. The minimum atomic E-state index is -0.0559. The number of azide groups is 1. The lowest BCUT2D eigenvalue weighted by Crippen LogP contribution is -1.95. The lowest BCUT2D eigenvalue weighted by molar-refractivity contribution is 0.101. The molecule has 0 saturated heterocycles. The largest absolute Gasteiger partial charge is 0.293 e. The number of carbonyl (C=O) groups is 1. The predicted molar refractivity (Wildman–Crippen MR) is 57.3 cm³/mol. The standard InChI is InChI=1S/C10H10N4O/c1-8(15)10-5-4-9(7-12-10)3-2-6-13-14-11/h2-5,7H,6H2,1H3. The van der Waals surface area contributed by atoms with E-state index < -0.39 is 0 Å². The molecule has 0 fully saturated rings. The second-order valence-corrected chi connectivity index (χ2v) is 2.85. The first kappa shape index (κ1) is 10.9. The number of hydrogen-bond donors (Lipinski definition) is 0. The SMILES string of the molecule is CC(=O)c1ccc(C=CCN=[N+]=[N-])cn1. The average Bonchev–Trinajstić information content (AvgIpc) is 2.25. The van der Waals surface area contributed by atoms with Gasteiger partial charge < -0.3 is 0 Å². The fraction of sp³-hybridized carbons (Fsp3) is 0.200. The molecule has 0 saturated carbocycles. The van der Waals surface area contributed by atoms with Crippen LogP contribution in [0.5, 0.6) is 0 Å². The van der Waals surface area contributed by atoms with Gasteiger partial charge in [-0.2, -0.15) is 0 Å². The number of pyridine rings is 1. The highest BCUT2D eigenvalue weighted by Gasteiger charge is 1.98. The van der Waals surface area contributed by atoms with E-state index in [1.165, 1.54) is 6.92 Å². The van der Waals surface area contributed by atoms with Crippen molar-refractivity contribution in [3.63, 3.8) is 0 Å². The number of Topliss-reactive ketones (excluding diaryl/α,β-unsaturated/α-hetero) is 1. The summed E-state index contributed by atoms with van der Waals surface area (Å²) in [5, 5.41) is 3.35. The zero-order valence-electron chi connectivity index (χ0n) is 8.29. The second-order valence-electron chi connectivity index (χ2n) is 2.85. The van der Waals surface area contributed by atoms with Crippen LogP contribution in [0.2, 0.25) is 0 Å². The lowest BCUT2D eigenvalue weighted by atomic mass is 10.2. The van der Waals surface area contributed by atoms with Gasteiger partial charge in [0.2, 0.25) is 0 Å². The van der Waals surface area contributed by atoms with E-state index in [4.69, 9.17) is 5.53 Å². The summed E-state index contributed by atoms with van der Waals surface area (Å²) in [6.07, 6.45) is 5.11. The number of aromatic nitrogens is 1. The predicted octanol–water partition coefficient (Wildman–Crippen LogP) is 2.61. The summed E-state index contributed by atoms with van der Waals surface area (Å²) < 4.78 is 0. The van der Waals surface area contributed by atoms with Gasteiger partial charge >= 0.3 is 0 Å². The number of nitrogens with zero attached hydrogens (tertiary/aromatic N) is 4. The molecule has 0 aromatic carbocycles. The summed E-state index contributed by atoms with van der Waals surface area (Å²) in [6.45, 7) is 1.78. The van der Waals surface area contributed by atoms with Crippen LogP contribution >= 0.6 is 0 Å². The fourth-order valence-corrected chi connectivity index (χ4v) is 0.985. The molecule has 0 unspecified atom stereocenters. The van der Waals surface area contributed by atoms with Crippen LogP contribution < -0.4 is 0 Å². The maximum Gasteiger partial charge on any atom is 0.178 e. The van der Waals surface area contributed by atoms with Crippen molar-refractivity contribution in [2.24, 2.45) is 5.11 Å². The Balaban J connectivity index is 2.68. The lowest BCUT2D eigenvalue weighted by Gasteiger charge is -1.95. The Morgan fingerprint density at radius 2 is 2.47 bits per heavy atom. The Hall–Kier alpha value is -2.13. The van der Waals surface area contributed by atoms with Gasteiger partial charge in [-0.3, -0.25) is 9.78 Å². The van der Waals surface area contributed by atoms with Gasteiger partial charge in [0, 0.05) is 24.6 Å². The molecule has 15 heavy (non-hydrogen) atoms. The van der Waals surface area contributed by atoms with Crippen molar-refractivity contribution >= 4 is 11.9 Å². The van der Waals surface area contributed by atoms with Crippen molar-refractivity contribution in [1.29, 1.82) is 0 Å². The van der Waals surface area contributed by atoms with Gasteiger partial charge in [-0.1, -0.05) is 23.3 Å². The van der Waals surface area contributed by atoms with Crippen LogP contribution in [0.3, 0.4) is 0 Å². The van der Waals surface area contributed by atoms with Crippen molar-refractivity contribution in [2.45, 2.75) is 6.92 Å². The van der Waals surface area contributed by atoms with E-state index in [1.54, 1.807) is 30.5 Å². The maximum absolute atomic E-state index is 10.9. The highest BCUT2D eigenvalue weighted by Crippen LogP contribution is 2.03. The molecule has 0 radical (unpaired) electrons. The van der Waals surface area contributed by atoms with Crippen molar-refractivity contribution in [1.82, 2.24) is 4.98 Å². The smallest absolute Gasteiger partial charge is 0.178 e. The Morgan fingerprint density at radius 3 is 3.00 bits per heavy atom. The monoisotopic (exact) mass is 202 g/mol. The Bertz CT molecular complexity index is 416. The first-order chi connectivity index (χ1) is 7.24. The van der Waals surface area contributed by atoms with Crippen LogP contribution in [-0.2, 0) is 0 Å². The van der Waals surface area contributed by atoms with Gasteiger partial charge in [0.15, 0.2) is 5.78 Å². The zero-order valence-corrected chi connectivity index (χ0v) is 8.29. The van der Waals surface area contributed by atoms with Crippen molar-refractivity contribution in [3.8, 4) is 0 Å². The van der Waals surface area contributed by atoms with E-state index in [0.717, 1.165) is 5.56 Å². The van der Waals surface area contributed by atoms with E-state index in [9.17, 15) is 4.79 Å². The quantitative estimate of drug-likeness (QED) is 0.325. The molecule has 0 bridgehead atoms. The minimum Gasteiger partial charge on any atom is -0.293 e. The molecule has 0 aliphatic heterocycles. The van der Waals surface area contributed by atoms with E-state index in [1.807, 2.05) is 0 Å². The average molecular weight is 202 g/mol. The van der Waals surface area contributed by atoms with Crippen LogP contribution in [0, 0.1) is 0 Å². The molecule has 0 N–H and O–H groups in total. The van der Waals surface area contributed by atoms with Gasteiger partial charge in [0.25, 0.3) is 0 Å². The Kier molecular flexibility index (Phi) is 4.06. The first-order valence-electron chi connectivity index (χ1n) is 4.38. The number of hydrogen-bond acceptors (Lipinski definition) is 3.